The molecule has 0 spiro atoms. The smallest absolute Gasteiger partial charge is 0.289 e. The number of nitrogens with one attached hydrogen (secondary N) is 1. The molecule has 7 heteroatoms. The van der Waals surface area contributed by atoms with Crippen LogP contribution in [0.1, 0.15) is 23.0 Å². The van der Waals surface area contributed by atoms with Crippen LogP contribution in [0.4, 0.5) is 4.39 Å². The summed E-state index contributed by atoms with van der Waals surface area (Å²) in [5.41, 5.74) is 0.722. The summed E-state index contributed by atoms with van der Waals surface area (Å²) in [6, 6.07) is 9.19. The first-order valence-corrected chi connectivity index (χ1v) is 8.63. The summed E-state index contributed by atoms with van der Waals surface area (Å²) in [5, 5.41) is 2.84. The predicted molar refractivity (Wildman–Crippen MR) is 93.9 cm³/mol. The number of hydrogen-bond donors (Lipinski definition) is 1. The summed E-state index contributed by atoms with van der Waals surface area (Å²) >= 11 is 0. The molecule has 3 rings (SSSR count). The van der Waals surface area contributed by atoms with Gasteiger partial charge in [-0.3, -0.25) is 14.5 Å². The Morgan fingerprint density at radius 1 is 1.19 bits per heavy atom. The van der Waals surface area contributed by atoms with Crippen LogP contribution in [-0.4, -0.2) is 53.8 Å². The highest BCUT2D eigenvalue weighted by Crippen LogP contribution is 2.12. The SMILES string of the molecule is CC(C(=O)NCc1cccc(F)c1)N1CCN(C(=O)c2ccco2)CC1. The monoisotopic (exact) mass is 359 g/mol. The Morgan fingerprint density at radius 2 is 1.96 bits per heavy atom. The molecule has 2 aromatic rings. The second-order valence-corrected chi connectivity index (χ2v) is 6.33. The van der Waals surface area contributed by atoms with Crippen molar-refractivity contribution in [3.8, 4) is 0 Å². The molecule has 2 amide bonds. The van der Waals surface area contributed by atoms with Crippen LogP contribution in [0, 0.1) is 5.82 Å². The van der Waals surface area contributed by atoms with Crippen LogP contribution < -0.4 is 5.32 Å². The number of nitrogens with zero attached hydrogens (tertiary/aromatic N) is 2. The second-order valence-electron chi connectivity index (χ2n) is 6.33. The predicted octanol–water partition coefficient (Wildman–Crippen LogP) is 1.88. The molecule has 1 aromatic carbocycles. The summed E-state index contributed by atoms with van der Waals surface area (Å²) in [6.07, 6.45) is 1.48. The zero-order valence-corrected chi connectivity index (χ0v) is 14.7. The summed E-state index contributed by atoms with van der Waals surface area (Å²) < 4.78 is 18.3. The number of hydrogen-bond acceptors (Lipinski definition) is 4. The van der Waals surface area contributed by atoms with E-state index < -0.39 is 0 Å². The van der Waals surface area contributed by atoms with Gasteiger partial charge in [-0.05, 0) is 36.8 Å². The van der Waals surface area contributed by atoms with Gasteiger partial charge in [-0.1, -0.05) is 12.1 Å². The number of amides is 2. The molecule has 26 heavy (non-hydrogen) atoms. The molecular formula is C19H22FN3O3. The van der Waals surface area contributed by atoms with Crippen molar-refractivity contribution in [1.29, 1.82) is 0 Å². The van der Waals surface area contributed by atoms with Crippen LogP contribution in [0.15, 0.2) is 47.1 Å². The van der Waals surface area contributed by atoms with Gasteiger partial charge in [-0.15, -0.1) is 0 Å². The van der Waals surface area contributed by atoms with Gasteiger partial charge >= 0.3 is 0 Å². The summed E-state index contributed by atoms with van der Waals surface area (Å²) in [5.74, 6) is -0.223. The van der Waals surface area contributed by atoms with Gasteiger partial charge in [-0.25, -0.2) is 4.39 Å². The fourth-order valence-electron chi connectivity index (χ4n) is 3.02. The summed E-state index contributed by atoms with van der Waals surface area (Å²) in [7, 11) is 0. The third kappa shape index (κ3) is 4.29. The maximum absolute atomic E-state index is 13.2. The van der Waals surface area contributed by atoms with Crippen molar-refractivity contribution in [2.24, 2.45) is 0 Å². The van der Waals surface area contributed by atoms with Crippen molar-refractivity contribution in [2.45, 2.75) is 19.5 Å². The molecule has 1 atom stereocenters. The fourth-order valence-corrected chi connectivity index (χ4v) is 3.02. The van der Waals surface area contributed by atoms with Gasteiger partial charge in [-0.2, -0.15) is 0 Å². The fraction of sp³-hybridized carbons (Fsp3) is 0.368. The minimum absolute atomic E-state index is 0.111. The lowest BCUT2D eigenvalue weighted by Gasteiger charge is -2.37. The molecular weight excluding hydrogens is 337 g/mol. The molecule has 2 heterocycles. The molecule has 138 valence electrons. The Labute approximate surface area is 151 Å². The van der Waals surface area contributed by atoms with Crippen LogP contribution in [0.2, 0.25) is 0 Å². The number of halogens is 1. The van der Waals surface area contributed by atoms with E-state index in [-0.39, 0.29) is 30.2 Å². The highest BCUT2D eigenvalue weighted by molar-refractivity contribution is 5.91. The lowest BCUT2D eigenvalue weighted by Crippen LogP contribution is -2.54. The number of carbonyl (C=O) groups is 2. The maximum atomic E-state index is 13.2. The minimum atomic E-state index is -0.317. The Morgan fingerprint density at radius 3 is 2.62 bits per heavy atom. The van der Waals surface area contributed by atoms with Crippen molar-refractivity contribution >= 4 is 11.8 Å². The van der Waals surface area contributed by atoms with Crippen molar-refractivity contribution < 1.29 is 18.4 Å². The van der Waals surface area contributed by atoms with Crippen molar-refractivity contribution in [1.82, 2.24) is 15.1 Å². The van der Waals surface area contributed by atoms with Gasteiger partial charge in [0.15, 0.2) is 5.76 Å². The minimum Gasteiger partial charge on any atom is -0.459 e. The second kappa shape index (κ2) is 8.14. The van der Waals surface area contributed by atoms with Crippen LogP contribution in [0.3, 0.4) is 0 Å². The van der Waals surface area contributed by atoms with Crippen molar-refractivity contribution in [3.63, 3.8) is 0 Å². The number of rotatable bonds is 5. The first-order chi connectivity index (χ1) is 12.5. The highest BCUT2D eigenvalue weighted by Gasteiger charge is 2.28. The van der Waals surface area contributed by atoms with Crippen LogP contribution in [0.5, 0.6) is 0 Å². The normalized spacial score (nSPS) is 16.3. The van der Waals surface area contributed by atoms with E-state index in [9.17, 15) is 14.0 Å². The zero-order chi connectivity index (χ0) is 18.5. The van der Waals surface area contributed by atoms with Gasteiger partial charge < -0.3 is 14.6 Å². The molecule has 0 saturated carbocycles. The van der Waals surface area contributed by atoms with Gasteiger partial charge in [0.1, 0.15) is 5.82 Å². The molecule has 1 aromatic heterocycles. The van der Waals surface area contributed by atoms with E-state index in [1.807, 2.05) is 11.8 Å². The highest BCUT2D eigenvalue weighted by atomic mass is 19.1. The van der Waals surface area contributed by atoms with Crippen LogP contribution in [0.25, 0.3) is 0 Å². The van der Waals surface area contributed by atoms with Gasteiger partial charge in [0.25, 0.3) is 5.91 Å². The van der Waals surface area contributed by atoms with Crippen molar-refractivity contribution in [2.75, 3.05) is 26.2 Å². The van der Waals surface area contributed by atoms with Gasteiger partial charge in [0, 0.05) is 32.7 Å². The van der Waals surface area contributed by atoms with Gasteiger partial charge in [0.05, 0.1) is 12.3 Å². The van der Waals surface area contributed by atoms with Crippen LogP contribution in [-0.2, 0) is 11.3 Å². The average molecular weight is 359 g/mol. The topological polar surface area (TPSA) is 65.8 Å². The number of piperazine rings is 1. The standard InChI is InChI=1S/C19H22FN3O3/c1-14(18(24)21-13-15-4-2-5-16(20)12-15)22-7-9-23(10-8-22)19(25)17-6-3-11-26-17/h2-6,11-12,14H,7-10,13H2,1H3,(H,21,24). The molecule has 1 aliphatic rings. The molecule has 0 bridgehead atoms. The quantitative estimate of drug-likeness (QED) is 0.885. The molecule has 1 fully saturated rings. The molecule has 1 saturated heterocycles. The lowest BCUT2D eigenvalue weighted by atomic mass is 10.2. The molecule has 0 radical (unpaired) electrons. The zero-order valence-electron chi connectivity index (χ0n) is 14.7. The molecule has 1 unspecified atom stereocenters. The van der Waals surface area contributed by atoms with E-state index in [4.69, 9.17) is 4.42 Å². The Hall–Kier alpha value is -2.67. The van der Waals surface area contributed by atoms with E-state index in [1.54, 1.807) is 29.2 Å². The van der Waals surface area contributed by atoms with Gasteiger partial charge in [0.2, 0.25) is 5.91 Å². The van der Waals surface area contributed by atoms with Crippen molar-refractivity contribution in [3.05, 3.63) is 59.8 Å². The number of furan rings is 1. The molecule has 1 aliphatic heterocycles. The molecule has 6 nitrogen and oxygen atoms in total. The Kier molecular flexibility index (Phi) is 5.68. The first kappa shape index (κ1) is 18.1. The molecule has 0 aliphatic carbocycles. The van der Waals surface area contributed by atoms with E-state index in [2.05, 4.69) is 5.32 Å². The van der Waals surface area contributed by atoms with E-state index in [1.165, 1.54) is 18.4 Å². The van der Waals surface area contributed by atoms with E-state index in [0.717, 1.165) is 5.56 Å². The molecule has 1 N–H and O–H groups in total. The summed E-state index contributed by atoms with van der Waals surface area (Å²) in [6.45, 7) is 4.44. The van der Waals surface area contributed by atoms with Crippen LogP contribution >= 0.6 is 0 Å². The number of carbonyl (C=O) groups excluding carboxylic acids is 2. The average Bonchev–Trinajstić information content (AvgIpc) is 3.20. The largest absolute Gasteiger partial charge is 0.459 e. The number of benzene rings is 1. The third-order valence-corrected chi connectivity index (χ3v) is 4.62. The maximum Gasteiger partial charge on any atom is 0.289 e. The van der Waals surface area contributed by atoms with E-state index >= 15 is 0 Å². The summed E-state index contributed by atoms with van der Waals surface area (Å²) in [4.78, 5) is 28.4. The Balaban J connectivity index is 1.47. The third-order valence-electron chi connectivity index (χ3n) is 4.62. The van der Waals surface area contributed by atoms with E-state index in [0.29, 0.717) is 31.9 Å². The first-order valence-electron chi connectivity index (χ1n) is 8.63. The lowest BCUT2D eigenvalue weighted by molar-refractivity contribution is -0.126. The Bertz CT molecular complexity index is 755.